The highest BCUT2D eigenvalue weighted by molar-refractivity contribution is 9.10. The van der Waals surface area contributed by atoms with Gasteiger partial charge in [-0.25, -0.2) is 4.31 Å². The number of aromatic nitrogens is 2. The number of nitrogens with one attached hydrogen (secondary N) is 1. The van der Waals surface area contributed by atoms with Crippen molar-refractivity contribution in [3.8, 4) is 5.75 Å². The van der Waals surface area contributed by atoms with Crippen molar-refractivity contribution in [2.75, 3.05) is 12.4 Å². The van der Waals surface area contributed by atoms with E-state index in [0.29, 0.717) is 15.7 Å². The maximum atomic E-state index is 12.7. The third-order valence-electron chi connectivity index (χ3n) is 4.12. The Labute approximate surface area is 164 Å². The Morgan fingerprint density at radius 2 is 2.00 bits per heavy atom. The number of phenols is 1. The summed E-state index contributed by atoms with van der Waals surface area (Å²) in [4.78, 5) is 12.7. The zero-order chi connectivity index (χ0) is 19.9. The third kappa shape index (κ3) is 3.60. The second-order valence-electron chi connectivity index (χ2n) is 5.83. The second-order valence-corrected chi connectivity index (χ2v) is 8.38. The molecule has 9 nitrogen and oxygen atoms in total. The van der Waals surface area contributed by atoms with Gasteiger partial charge in [0, 0.05) is 29.8 Å². The van der Waals surface area contributed by atoms with E-state index < -0.39 is 16.1 Å². The lowest BCUT2D eigenvalue weighted by Crippen LogP contribution is -2.35. The highest BCUT2D eigenvalue weighted by atomic mass is 79.9. The molecule has 2 N–H and O–H groups in total. The van der Waals surface area contributed by atoms with Gasteiger partial charge < -0.3 is 10.4 Å². The van der Waals surface area contributed by atoms with Gasteiger partial charge in [0.25, 0.3) is 5.91 Å². The summed E-state index contributed by atoms with van der Waals surface area (Å²) in [6.45, 7) is 1.77. The lowest BCUT2D eigenvalue weighted by Gasteiger charge is -2.23. The van der Waals surface area contributed by atoms with Gasteiger partial charge in [0.2, 0.25) is 0 Å². The molecule has 0 bridgehead atoms. The van der Waals surface area contributed by atoms with Crippen LogP contribution in [0.5, 0.6) is 5.75 Å². The first-order valence-corrected chi connectivity index (χ1v) is 9.88. The Morgan fingerprint density at radius 3 is 2.63 bits per heavy atom. The highest BCUT2D eigenvalue weighted by Crippen LogP contribution is 2.28. The van der Waals surface area contributed by atoms with E-state index in [4.69, 9.17) is 0 Å². The molecule has 1 amide bonds. The molecule has 1 aromatic heterocycles. The number of aryl methyl sites for hydroxylation is 1. The Hall–Kier alpha value is -2.66. The van der Waals surface area contributed by atoms with Crippen LogP contribution in [-0.4, -0.2) is 46.3 Å². The molecule has 3 rings (SSSR count). The molecule has 0 spiro atoms. The maximum absolute atomic E-state index is 12.7. The quantitative estimate of drug-likeness (QED) is 0.685. The zero-order valence-corrected chi connectivity index (χ0v) is 17.0. The molecule has 11 heteroatoms. The van der Waals surface area contributed by atoms with Crippen molar-refractivity contribution in [2.24, 2.45) is 11.4 Å². The van der Waals surface area contributed by atoms with Gasteiger partial charge in [-0.05, 0) is 31.2 Å². The van der Waals surface area contributed by atoms with Crippen molar-refractivity contribution in [1.82, 2.24) is 14.1 Å². The lowest BCUT2D eigenvalue weighted by atomic mass is 10.1. The van der Waals surface area contributed by atoms with E-state index in [-0.39, 0.29) is 22.8 Å². The molecule has 1 aromatic carbocycles. The zero-order valence-electron chi connectivity index (χ0n) is 14.6. The fourth-order valence-corrected chi connectivity index (χ4v) is 3.70. The number of nitrogens with zero attached hydrogens (tertiary/aromatic N) is 4. The predicted molar refractivity (Wildman–Crippen MR) is 104 cm³/mol. The number of carbonyl (C=O) groups is 1. The lowest BCUT2D eigenvalue weighted by molar-refractivity contribution is -0.113. The Bertz CT molecular complexity index is 1100. The standard InChI is InChI=1S/C16H16BrN5O4S/c1-9-11(8-18-21(9)2)12-7-14(22(3)27(25,26)20-12)16(24)19-13-6-10(17)4-5-15(13)23/h4-8,23H,1-3H3,(H,19,24). The molecule has 0 saturated heterocycles. The van der Waals surface area contributed by atoms with E-state index >= 15 is 0 Å². The van der Waals surface area contributed by atoms with Crippen molar-refractivity contribution in [3.63, 3.8) is 0 Å². The summed E-state index contributed by atoms with van der Waals surface area (Å²) < 4.78 is 31.6. The van der Waals surface area contributed by atoms with E-state index in [1.54, 1.807) is 24.7 Å². The number of aromatic hydroxyl groups is 1. The van der Waals surface area contributed by atoms with Gasteiger partial charge in [-0.15, -0.1) is 4.40 Å². The molecular weight excluding hydrogens is 438 g/mol. The number of hydrogen-bond donors (Lipinski definition) is 2. The van der Waals surface area contributed by atoms with Crippen LogP contribution in [0.1, 0.15) is 11.3 Å². The number of allylic oxidation sites excluding steroid dienone is 1. The minimum Gasteiger partial charge on any atom is -0.506 e. The van der Waals surface area contributed by atoms with Crippen molar-refractivity contribution in [2.45, 2.75) is 6.92 Å². The van der Waals surface area contributed by atoms with Crippen molar-refractivity contribution >= 4 is 43.4 Å². The summed E-state index contributed by atoms with van der Waals surface area (Å²) in [6.07, 6.45) is 2.86. The first kappa shape index (κ1) is 19.1. The molecule has 0 radical (unpaired) electrons. The van der Waals surface area contributed by atoms with Crippen molar-refractivity contribution < 1.29 is 18.3 Å². The number of benzene rings is 1. The first-order valence-electron chi connectivity index (χ1n) is 7.69. The van der Waals surface area contributed by atoms with Crippen molar-refractivity contribution in [1.29, 1.82) is 0 Å². The van der Waals surface area contributed by atoms with Gasteiger partial charge in [-0.1, -0.05) is 15.9 Å². The number of amides is 1. The molecular formula is C16H16BrN5O4S. The van der Waals surface area contributed by atoms with Crippen molar-refractivity contribution in [3.05, 3.63) is 51.9 Å². The van der Waals surface area contributed by atoms with Gasteiger partial charge in [0.1, 0.15) is 11.4 Å². The predicted octanol–water partition coefficient (Wildman–Crippen LogP) is 1.70. The van der Waals surface area contributed by atoms with Crippen LogP contribution in [0, 0.1) is 6.92 Å². The van der Waals surface area contributed by atoms with Crippen LogP contribution in [0.3, 0.4) is 0 Å². The second kappa shape index (κ2) is 6.82. The number of hydrogen-bond acceptors (Lipinski definition) is 5. The van der Waals surface area contributed by atoms with Gasteiger partial charge in [0.05, 0.1) is 17.6 Å². The molecule has 1 aliphatic heterocycles. The van der Waals surface area contributed by atoms with Crippen LogP contribution >= 0.6 is 15.9 Å². The van der Waals surface area contributed by atoms with Gasteiger partial charge in [-0.2, -0.15) is 13.5 Å². The molecule has 1 aliphatic rings. The minimum atomic E-state index is -4.09. The summed E-state index contributed by atoms with van der Waals surface area (Å²) in [5.74, 6) is -0.853. The molecule has 0 saturated carbocycles. The van der Waals surface area contributed by atoms with Crippen LogP contribution in [0.2, 0.25) is 0 Å². The highest BCUT2D eigenvalue weighted by Gasteiger charge is 2.31. The monoisotopic (exact) mass is 453 g/mol. The molecule has 2 aromatic rings. The topological polar surface area (TPSA) is 117 Å². The van der Waals surface area contributed by atoms with E-state index in [1.165, 1.54) is 31.5 Å². The Kier molecular flexibility index (Phi) is 4.82. The first-order chi connectivity index (χ1) is 12.6. The SMILES string of the molecule is Cc1c(C2=NS(=O)(=O)N(C)C(C(=O)Nc3cc(Br)ccc3O)=C2)cnn1C. The molecule has 2 heterocycles. The van der Waals surface area contributed by atoms with Crippen LogP contribution in [0.15, 0.2) is 45.0 Å². The van der Waals surface area contributed by atoms with Gasteiger partial charge in [0.15, 0.2) is 0 Å². The van der Waals surface area contributed by atoms with Crippen LogP contribution < -0.4 is 5.32 Å². The largest absolute Gasteiger partial charge is 0.506 e. The fraction of sp³-hybridized carbons (Fsp3) is 0.188. The van der Waals surface area contributed by atoms with E-state index in [9.17, 15) is 18.3 Å². The van der Waals surface area contributed by atoms with E-state index in [0.717, 1.165) is 4.31 Å². The van der Waals surface area contributed by atoms with E-state index in [1.807, 2.05) is 0 Å². The molecule has 142 valence electrons. The smallest absolute Gasteiger partial charge is 0.345 e. The third-order valence-corrected chi connectivity index (χ3v) is 5.93. The fourth-order valence-electron chi connectivity index (χ4n) is 2.44. The maximum Gasteiger partial charge on any atom is 0.345 e. The van der Waals surface area contributed by atoms with Crippen LogP contribution in [0.4, 0.5) is 5.69 Å². The molecule has 0 atom stereocenters. The molecule has 0 fully saturated rings. The average Bonchev–Trinajstić information content (AvgIpc) is 2.92. The summed E-state index contributed by atoms with van der Waals surface area (Å²) in [6, 6.07) is 4.52. The van der Waals surface area contributed by atoms with Gasteiger partial charge in [-0.3, -0.25) is 9.48 Å². The number of likely N-dealkylation sites (N-methyl/N-ethyl adjacent to an activating group) is 1. The molecule has 0 unspecified atom stereocenters. The molecule has 0 aliphatic carbocycles. The van der Waals surface area contributed by atoms with Crippen LogP contribution in [0.25, 0.3) is 0 Å². The number of phenolic OH excluding ortho intramolecular Hbond substituents is 1. The number of halogens is 1. The normalized spacial score (nSPS) is 15.9. The minimum absolute atomic E-state index is 0.113. The number of carbonyl (C=O) groups excluding carboxylic acids is 1. The Morgan fingerprint density at radius 1 is 1.30 bits per heavy atom. The van der Waals surface area contributed by atoms with E-state index in [2.05, 4.69) is 30.7 Å². The molecule has 27 heavy (non-hydrogen) atoms. The number of rotatable bonds is 3. The van der Waals surface area contributed by atoms with Gasteiger partial charge >= 0.3 is 10.2 Å². The van der Waals surface area contributed by atoms with Crippen LogP contribution in [-0.2, 0) is 22.1 Å². The Balaban J connectivity index is 2.02. The number of anilines is 1. The summed E-state index contributed by atoms with van der Waals surface area (Å²) in [5, 5.41) is 16.5. The summed E-state index contributed by atoms with van der Waals surface area (Å²) in [5.41, 5.74) is 1.33. The summed E-state index contributed by atoms with van der Waals surface area (Å²) >= 11 is 3.25. The summed E-state index contributed by atoms with van der Waals surface area (Å²) in [7, 11) is -1.14. The average molecular weight is 454 g/mol.